The molecule has 0 saturated carbocycles. The van der Waals surface area contributed by atoms with Crippen molar-refractivity contribution in [3.05, 3.63) is 51.4 Å². The molecule has 2 aromatic rings. The highest BCUT2D eigenvalue weighted by Crippen LogP contribution is 2.41. The molecule has 4 rings (SSSR count). The number of anilines is 1. The Hall–Kier alpha value is -2.85. The lowest BCUT2D eigenvalue weighted by atomic mass is 10.0. The predicted octanol–water partition coefficient (Wildman–Crippen LogP) is 1.56. The Labute approximate surface area is 181 Å². The first kappa shape index (κ1) is 21.4. The number of hydrogen-bond acceptors (Lipinski definition) is 5. The van der Waals surface area contributed by atoms with Gasteiger partial charge in [-0.2, -0.15) is 0 Å². The van der Waals surface area contributed by atoms with Gasteiger partial charge < -0.3 is 14.9 Å². The minimum Gasteiger partial charge on any atom is -0.395 e. The molecule has 1 aromatic heterocycles. The summed E-state index contributed by atoms with van der Waals surface area (Å²) in [7, 11) is 1.56. The highest BCUT2D eigenvalue weighted by atomic mass is 32.1. The van der Waals surface area contributed by atoms with Gasteiger partial charge in [-0.25, -0.2) is 8.78 Å². The second-order valence-electron chi connectivity index (χ2n) is 7.57. The summed E-state index contributed by atoms with van der Waals surface area (Å²) < 4.78 is 27.4. The Morgan fingerprint density at radius 1 is 1.23 bits per heavy atom. The molecule has 0 saturated heterocycles. The van der Waals surface area contributed by atoms with E-state index in [1.807, 2.05) is 0 Å². The van der Waals surface area contributed by atoms with Gasteiger partial charge in [0, 0.05) is 30.6 Å². The van der Waals surface area contributed by atoms with Crippen LogP contribution in [0, 0.1) is 11.6 Å². The molecule has 1 aromatic carbocycles. The van der Waals surface area contributed by atoms with Gasteiger partial charge in [0.1, 0.15) is 11.5 Å². The van der Waals surface area contributed by atoms with Crippen LogP contribution in [0.3, 0.4) is 0 Å². The first-order valence-corrected chi connectivity index (χ1v) is 10.6. The van der Waals surface area contributed by atoms with Crippen LogP contribution < -0.4 is 4.90 Å². The van der Waals surface area contributed by atoms with E-state index in [1.165, 1.54) is 33.3 Å². The molecule has 7 nitrogen and oxygen atoms in total. The number of thiophene rings is 1. The summed E-state index contributed by atoms with van der Waals surface area (Å²) in [6, 6.07) is 3.75. The van der Waals surface area contributed by atoms with E-state index in [4.69, 9.17) is 0 Å². The minimum absolute atomic E-state index is 0.00530. The molecule has 0 fully saturated rings. The third-order valence-electron chi connectivity index (χ3n) is 5.57. The van der Waals surface area contributed by atoms with Crippen molar-refractivity contribution in [3.63, 3.8) is 0 Å². The van der Waals surface area contributed by atoms with Crippen LogP contribution in [0.2, 0.25) is 0 Å². The molecule has 0 radical (unpaired) electrons. The average molecular weight is 449 g/mol. The number of halogens is 2. The summed E-state index contributed by atoms with van der Waals surface area (Å²) >= 11 is 1.26. The van der Waals surface area contributed by atoms with Gasteiger partial charge in [-0.15, -0.1) is 11.3 Å². The number of benzene rings is 1. The average Bonchev–Trinajstić information content (AvgIpc) is 3.08. The van der Waals surface area contributed by atoms with Gasteiger partial charge in [0.05, 0.1) is 25.1 Å². The Morgan fingerprint density at radius 3 is 2.74 bits per heavy atom. The number of hydrogen-bond donors (Lipinski definition) is 1. The van der Waals surface area contributed by atoms with E-state index in [1.54, 1.807) is 11.9 Å². The van der Waals surface area contributed by atoms with Crippen molar-refractivity contribution in [1.29, 1.82) is 0 Å². The van der Waals surface area contributed by atoms with Crippen LogP contribution >= 0.6 is 11.3 Å². The lowest BCUT2D eigenvalue weighted by molar-refractivity contribution is -0.131. The topological polar surface area (TPSA) is 81.2 Å². The van der Waals surface area contributed by atoms with Crippen LogP contribution in [0.5, 0.6) is 0 Å². The van der Waals surface area contributed by atoms with Crippen molar-refractivity contribution in [3.8, 4) is 0 Å². The molecule has 31 heavy (non-hydrogen) atoms. The number of likely N-dealkylation sites (N-methyl/N-ethyl adjacent to an activating group) is 1. The molecule has 0 atom stereocenters. The Balaban J connectivity index is 1.62. The number of rotatable bonds is 4. The molecular formula is C21H21F2N3O4S. The van der Waals surface area contributed by atoms with Gasteiger partial charge in [0.15, 0.2) is 11.6 Å². The van der Waals surface area contributed by atoms with Gasteiger partial charge in [0.25, 0.3) is 5.91 Å². The SMILES string of the molecule is CN1CC(=O)N(CCO)c2sc3c(c2C1=O)CCN(C(=O)Cc1cccc(F)c1F)C3. The lowest BCUT2D eigenvalue weighted by Gasteiger charge is -2.28. The first-order chi connectivity index (χ1) is 14.8. The van der Waals surface area contributed by atoms with Gasteiger partial charge >= 0.3 is 0 Å². The third-order valence-corrected chi connectivity index (χ3v) is 6.81. The predicted molar refractivity (Wildman–Crippen MR) is 110 cm³/mol. The van der Waals surface area contributed by atoms with Gasteiger partial charge in [0.2, 0.25) is 11.8 Å². The van der Waals surface area contributed by atoms with Gasteiger partial charge in [-0.05, 0) is 18.1 Å². The van der Waals surface area contributed by atoms with Crippen LogP contribution in [0.15, 0.2) is 18.2 Å². The van der Waals surface area contributed by atoms with Crippen molar-refractivity contribution in [2.24, 2.45) is 0 Å². The van der Waals surface area contributed by atoms with Crippen LogP contribution in [-0.4, -0.2) is 65.9 Å². The van der Waals surface area contributed by atoms with Crippen molar-refractivity contribution < 1.29 is 28.3 Å². The van der Waals surface area contributed by atoms with Crippen LogP contribution in [0.1, 0.15) is 26.4 Å². The molecule has 10 heteroatoms. The normalized spacial score (nSPS) is 16.3. The summed E-state index contributed by atoms with van der Waals surface area (Å²) in [4.78, 5) is 43.3. The zero-order valence-electron chi connectivity index (χ0n) is 16.9. The molecule has 0 unspecified atom stereocenters. The summed E-state index contributed by atoms with van der Waals surface area (Å²) in [5.41, 5.74) is 1.25. The molecule has 0 spiro atoms. The highest BCUT2D eigenvalue weighted by molar-refractivity contribution is 7.17. The number of amides is 3. The van der Waals surface area contributed by atoms with Crippen molar-refractivity contribution in [2.75, 3.05) is 38.2 Å². The first-order valence-electron chi connectivity index (χ1n) is 9.83. The van der Waals surface area contributed by atoms with Crippen LogP contribution in [-0.2, 0) is 29.0 Å². The molecule has 1 N–H and O–H groups in total. The number of aliphatic hydroxyl groups excluding tert-OH is 1. The summed E-state index contributed by atoms with van der Waals surface area (Å²) in [5.74, 6) is -2.90. The van der Waals surface area contributed by atoms with Crippen molar-refractivity contribution in [1.82, 2.24) is 9.80 Å². The van der Waals surface area contributed by atoms with E-state index in [9.17, 15) is 28.3 Å². The van der Waals surface area contributed by atoms with E-state index in [2.05, 4.69) is 0 Å². The summed E-state index contributed by atoms with van der Waals surface area (Å²) in [6.07, 6.45) is 0.153. The second kappa shape index (κ2) is 8.35. The third kappa shape index (κ3) is 3.81. The molecular weight excluding hydrogens is 428 g/mol. The van der Waals surface area contributed by atoms with E-state index in [0.717, 1.165) is 16.5 Å². The highest BCUT2D eigenvalue weighted by Gasteiger charge is 2.37. The smallest absolute Gasteiger partial charge is 0.257 e. The van der Waals surface area contributed by atoms with Gasteiger partial charge in [-0.3, -0.25) is 19.3 Å². The number of aliphatic hydroxyl groups is 1. The number of carbonyl (C=O) groups excluding carboxylic acids is 3. The Kier molecular flexibility index (Phi) is 5.76. The maximum Gasteiger partial charge on any atom is 0.257 e. The molecule has 0 bridgehead atoms. The fourth-order valence-electron chi connectivity index (χ4n) is 3.96. The second-order valence-corrected chi connectivity index (χ2v) is 8.65. The summed E-state index contributed by atoms with van der Waals surface area (Å²) in [6.45, 7) is 0.319. The van der Waals surface area contributed by atoms with Crippen LogP contribution in [0.4, 0.5) is 13.8 Å². The zero-order valence-corrected chi connectivity index (χ0v) is 17.7. The Bertz CT molecular complexity index is 1070. The maximum atomic E-state index is 13.9. The van der Waals surface area contributed by atoms with E-state index in [-0.39, 0.29) is 55.9 Å². The molecule has 164 valence electrons. The van der Waals surface area contributed by atoms with Crippen LogP contribution in [0.25, 0.3) is 0 Å². The largest absolute Gasteiger partial charge is 0.395 e. The van der Waals surface area contributed by atoms with E-state index in [0.29, 0.717) is 23.5 Å². The quantitative estimate of drug-likeness (QED) is 0.768. The summed E-state index contributed by atoms with van der Waals surface area (Å²) in [5, 5.41) is 9.88. The van der Waals surface area contributed by atoms with Crippen molar-refractivity contribution >= 4 is 34.1 Å². The monoisotopic (exact) mass is 449 g/mol. The fourth-order valence-corrected chi connectivity index (χ4v) is 5.36. The Morgan fingerprint density at radius 2 is 2.00 bits per heavy atom. The zero-order chi connectivity index (χ0) is 22.3. The molecule has 3 heterocycles. The van der Waals surface area contributed by atoms with Crippen molar-refractivity contribution in [2.45, 2.75) is 19.4 Å². The maximum absolute atomic E-state index is 13.9. The van der Waals surface area contributed by atoms with E-state index >= 15 is 0 Å². The standard InChI is InChI=1S/C21H21F2N3O4S/c1-24-11-17(29)26(7-8-27)21-18(20(24)30)13-5-6-25(10-15(13)31-21)16(28)9-12-3-2-4-14(22)19(12)23/h2-4,27H,5-11H2,1H3. The van der Waals surface area contributed by atoms with E-state index < -0.39 is 11.6 Å². The fraction of sp³-hybridized carbons (Fsp3) is 0.381. The van der Waals surface area contributed by atoms with Gasteiger partial charge in [-0.1, -0.05) is 12.1 Å². The number of fused-ring (bicyclic) bond motifs is 3. The number of β-amino-alcohol motifs (C(OH)–C–C–N with tert-alkyl or cyclic N) is 1. The lowest BCUT2D eigenvalue weighted by Crippen LogP contribution is -2.39. The minimum atomic E-state index is -1.02. The molecule has 2 aliphatic heterocycles. The molecule has 2 aliphatic rings. The number of nitrogens with zero attached hydrogens (tertiary/aromatic N) is 3. The molecule has 0 aliphatic carbocycles. The number of carbonyl (C=O) groups is 3. The molecule has 3 amide bonds.